The average molecular weight is 407 g/mol. The topological polar surface area (TPSA) is 35.0 Å². The lowest BCUT2D eigenvalue weighted by molar-refractivity contribution is 0.362. The van der Waals surface area contributed by atoms with E-state index in [2.05, 4.69) is 72.6 Å². The molecule has 3 rings (SSSR count). The molecule has 0 saturated carbocycles. The van der Waals surface area contributed by atoms with Crippen molar-refractivity contribution in [3.63, 3.8) is 0 Å². The second-order valence-corrected chi connectivity index (χ2v) is 8.19. The van der Waals surface area contributed by atoms with Crippen molar-refractivity contribution in [1.82, 2.24) is 10.2 Å². The molecule has 2 aromatic carbocycles. The molecule has 0 aliphatic carbocycles. The molecular formula is C25H30N2OS. The molecule has 0 aliphatic heterocycles. The summed E-state index contributed by atoms with van der Waals surface area (Å²) in [4.78, 5) is 0. The summed E-state index contributed by atoms with van der Waals surface area (Å²) in [5.74, 6) is 0.904. The molecule has 3 nitrogen and oxygen atoms in total. The van der Waals surface area contributed by atoms with Gasteiger partial charge in [-0.3, -0.25) is 0 Å². The lowest BCUT2D eigenvalue weighted by Gasteiger charge is -2.06. The molecule has 3 aromatic rings. The van der Waals surface area contributed by atoms with Crippen molar-refractivity contribution in [2.45, 2.75) is 52.4 Å². The fraction of sp³-hybridized carbons (Fsp3) is 0.360. The summed E-state index contributed by atoms with van der Waals surface area (Å²) < 4.78 is 5.80. The van der Waals surface area contributed by atoms with Crippen LogP contribution in [0.2, 0.25) is 0 Å². The van der Waals surface area contributed by atoms with Crippen molar-refractivity contribution in [3.8, 4) is 27.4 Å². The van der Waals surface area contributed by atoms with Crippen molar-refractivity contribution in [2.75, 3.05) is 6.61 Å². The van der Waals surface area contributed by atoms with Crippen LogP contribution in [-0.2, 0) is 6.42 Å². The highest BCUT2D eigenvalue weighted by Gasteiger charge is 2.07. The molecule has 0 spiro atoms. The lowest BCUT2D eigenvalue weighted by Crippen LogP contribution is -1.93. The molecular weight excluding hydrogens is 376 g/mol. The van der Waals surface area contributed by atoms with Crippen LogP contribution in [0.25, 0.3) is 21.7 Å². The molecule has 29 heavy (non-hydrogen) atoms. The zero-order valence-corrected chi connectivity index (χ0v) is 18.3. The van der Waals surface area contributed by atoms with Crippen LogP contribution in [0, 0.1) is 0 Å². The molecule has 0 saturated heterocycles. The Balaban J connectivity index is 1.54. The number of aromatic nitrogens is 2. The predicted octanol–water partition coefficient (Wildman–Crippen LogP) is 7.34. The van der Waals surface area contributed by atoms with Crippen LogP contribution in [0.1, 0.15) is 51.0 Å². The molecule has 1 aromatic heterocycles. The molecule has 152 valence electrons. The van der Waals surface area contributed by atoms with Gasteiger partial charge in [0.15, 0.2) is 0 Å². The summed E-state index contributed by atoms with van der Waals surface area (Å²) in [6.45, 7) is 5.02. The first-order chi connectivity index (χ1) is 14.3. The van der Waals surface area contributed by atoms with Crippen molar-refractivity contribution >= 4 is 11.3 Å². The first-order valence-electron chi connectivity index (χ1n) is 10.6. The van der Waals surface area contributed by atoms with Crippen LogP contribution < -0.4 is 4.74 Å². The predicted molar refractivity (Wildman–Crippen MR) is 124 cm³/mol. The summed E-state index contributed by atoms with van der Waals surface area (Å²) in [7, 11) is 0. The van der Waals surface area contributed by atoms with E-state index in [0.717, 1.165) is 40.6 Å². The highest BCUT2D eigenvalue weighted by molar-refractivity contribution is 7.14. The molecule has 0 radical (unpaired) electrons. The first-order valence-corrected chi connectivity index (χ1v) is 11.4. The standard InChI is InChI=1S/C25H30N2OS/c1-3-5-6-7-8-9-19-28-23-17-15-21(16-18-23)20-11-13-22(14-12-20)25-27-26-24(29-25)10-4-2/h8-9,11-18H,3-7,10,19H2,1-2H3. The number of nitrogens with zero attached hydrogens (tertiary/aromatic N) is 2. The minimum absolute atomic E-state index is 0.627. The molecule has 1 heterocycles. The molecule has 0 aliphatic rings. The van der Waals surface area contributed by atoms with Crippen LogP contribution in [0.15, 0.2) is 60.7 Å². The lowest BCUT2D eigenvalue weighted by atomic mass is 10.0. The van der Waals surface area contributed by atoms with Gasteiger partial charge in [0, 0.05) is 12.0 Å². The summed E-state index contributed by atoms with van der Waals surface area (Å²) in [5, 5.41) is 10.7. The number of ether oxygens (including phenoxy) is 1. The maximum absolute atomic E-state index is 5.80. The number of aryl methyl sites for hydroxylation is 1. The normalized spacial score (nSPS) is 11.2. The van der Waals surface area contributed by atoms with Crippen molar-refractivity contribution in [2.24, 2.45) is 0 Å². The highest BCUT2D eigenvalue weighted by Crippen LogP contribution is 2.28. The fourth-order valence-corrected chi connectivity index (χ4v) is 4.02. The maximum Gasteiger partial charge on any atom is 0.147 e. The second kappa shape index (κ2) is 11.5. The van der Waals surface area contributed by atoms with Crippen LogP contribution in [-0.4, -0.2) is 16.8 Å². The molecule has 0 N–H and O–H groups in total. The monoisotopic (exact) mass is 406 g/mol. The van der Waals surface area contributed by atoms with E-state index < -0.39 is 0 Å². The van der Waals surface area contributed by atoms with E-state index in [4.69, 9.17) is 4.74 Å². The van der Waals surface area contributed by atoms with Crippen molar-refractivity contribution in [3.05, 3.63) is 65.7 Å². The minimum Gasteiger partial charge on any atom is -0.490 e. The third kappa shape index (κ3) is 6.53. The van der Waals surface area contributed by atoms with Crippen molar-refractivity contribution in [1.29, 1.82) is 0 Å². The Labute approximate surface area is 178 Å². The number of hydrogen-bond acceptors (Lipinski definition) is 4. The Kier molecular flexibility index (Phi) is 8.44. The van der Waals surface area contributed by atoms with E-state index >= 15 is 0 Å². The number of allylic oxidation sites excluding steroid dienone is 1. The van der Waals surface area contributed by atoms with Gasteiger partial charge in [-0.1, -0.05) is 86.6 Å². The van der Waals surface area contributed by atoms with Gasteiger partial charge < -0.3 is 4.74 Å². The molecule has 4 heteroatoms. The summed E-state index contributed by atoms with van der Waals surface area (Å²) in [6.07, 6.45) is 11.4. The zero-order chi connectivity index (χ0) is 20.3. The molecule has 0 amide bonds. The van der Waals surface area contributed by atoms with Gasteiger partial charge in [0.1, 0.15) is 22.4 Å². The SMILES string of the molecule is CCCCCC=CCOc1ccc(-c2ccc(-c3nnc(CCC)s3)cc2)cc1. The molecule has 0 bridgehead atoms. The Hall–Kier alpha value is -2.46. The Morgan fingerprint density at radius 2 is 1.48 bits per heavy atom. The number of benzene rings is 2. The minimum atomic E-state index is 0.627. The van der Waals surface area contributed by atoms with Gasteiger partial charge in [0.25, 0.3) is 0 Å². The van der Waals surface area contributed by atoms with Gasteiger partial charge in [-0.05, 0) is 42.5 Å². The third-order valence-electron chi connectivity index (χ3n) is 4.74. The Morgan fingerprint density at radius 1 is 0.793 bits per heavy atom. The van der Waals surface area contributed by atoms with Crippen LogP contribution >= 0.6 is 11.3 Å². The molecule has 0 atom stereocenters. The Bertz CT molecular complexity index is 882. The fourth-order valence-electron chi connectivity index (χ4n) is 3.08. The average Bonchev–Trinajstić information content (AvgIpc) is 3.23. The van der Waals surface area contributed by atoms with Crippen LogP contribution in [0.4, 0.5) is 0 Å². The smallest absolute Gasteiger partial charge is 0.147 e. The summed E-state index contributed by atoms with van der Waals surface area (Å²) in [6, 6.07) is 16.8. The first kappa shape index (κ1) is 21.3. The van der Waals surface area contributed by atoms with Gasteiger partial charge in [-0.2, -0.15) is 0 Å². The third-order valence-corrected chi connectivity index (χ3v) is 5.77. The van der Waals surface area contributed by atoms with E-state index in [1.165, 1.54) is 30.4 Å². The van der Waals surface area contributed by atoms with Gasteiger partial charge in [-0.25, -0.2) is 0 Å². The quantitative estimate of drug-likeness (QED) is 0.247. The van der Waals surface area contributed by atoms with Gasteiger partial charge in [0.05, 0.1) is 0 Å². The van der Waals surface area contributed by atoms with Gasteiger partial charge in [-0.15, -0.1) is 10.2 Å². The summed E-state index contributed by atoms with van der Waals surface area (Å²) in [5.41, 5.74) is 3.50. The van der Waals surface area contributed by atoms with E-state index in [9.17, 15) is 0 Å². The maximum atomic E-state index is 5.80. The zero-order valence-electron chi connectivity index (χ0n) is 17.4. The Morgan fingerprint density at radius 3 is 2.17 bits per heavy atom. The van der Waals surface area contributed by atoms with Crippen LogP contribution in [0.3, 0.4) is 0 Å². The number of hydrogen-bond donors (Lipinski definition) is 0. The largest absolute Gasteiger partial charge is 0.490 e. The van der Waals surface area contributed by atoms with Crippen molar-refractivity contribution < 1.29 is 4.74 Å². The molecule has 0 unspecified atom stereocenters. The van der Waals surface area contributed by atoms with E-state index in [1.807, 2.05) is 12.1 Å². The van der Waals surface area contributed by atoms with E-state index in [1.54, 1.807) is 11.3 Å². The van der Waals surface area contributed by atoms with Gasteiger partial charge >= 0.3 is 0 Å². The molecule has 0 fully saturated rings. The van der Waals surface area contributed by atoms with Gasteiger partial charge in [0.2, 0.25) is 0 Å². The van der Waals surface area contributed by atoms with E-state index in [-0.39, 0.29) is 0 Å². The summed E-state index contributed by atoms with van der Waals surface area (Å²) >= 11 is 1.68. The van der Waals surface area contributed by atoms with Crippen LogP contribution in [0.5, 0.6) is 5.75 Å². The highest BCUT2D eigenvalue weighted by atomic mass is 32.1. The van der Waals surface area contributed by atoms with E-state index in [0.29, 0.717) is 6.61 Å². The number of rotatable bonds is 11. The second-order valence-electron chi connectivity index (χ2n) is 7.13. The number of unbranched alkanes of at least 4 members (excludes halogenated alkanes) is 3.